The Hall–Kier alpha value is -1.58. The van der Waals surface area contributed by atoms with Crippen molar-refractivity contribution >= 4 is 0 Å². The summed E-state index contributed by atoms with van der Waals surface area (Å²) in [6.07, 6.45) is 1.70. The van der Waals surface area contributed by atoms with Gasteiger partial charge in [0.15, 0.2) is 0 Å². The number of ether oxygens (including phenoxy) is 1. The third kappa shape index (κ3) is 3.45. The summed E-state index contributed by atoms with van der Waals surface area (Å²) < 4.78 is 10.4. The van der Waals surface area contributed by atoms with Crippen molar-refractivity contribution in [3.63, 3.8) is 0 Å². The Morgan fingerprint density at radius 2 is 1.89 bits per heavy atom. The normalized spacial score (nSPS) is 12.6. The molecular weight excluding hydrogens is 226 g/mol. The number of hydrogen-bond donors (Lipinski definition) is 1. The minimum absolute atomic E-state index is 0.221. The van der Waals surface area contributed by atoms with E-state index < -0.39 is 0 Å². The van der Waals surface area contributed by atoms with Gasteiger partial charge in [-0.15, -0.1) is 0 Å². The highest BCUT2D eigenvalue weighted by Crippen LogP contribution is 2.13. The van der Waals surface area contributed by atoms with Gasteiger partial charge in [-0.2, -0.15) is 0 Å². The molecule has 0 saturated heterocycles. The number of rotatable bonds is 6. The van der Waals surface area contributed by atoms with Crippen LogP contribution in [0.25, 0.3) is 0 Å². The molecule has 0 unspecified atom stereocenters. The summed E-state index contributed by atoms with van der Waals surface area (Å²) in [7, 11) is 1.71. The van der Waals surface area contributed by atoms with Crippen LogP contribution in [0.3, 0.4) is 0 Å². The minimum Gasteiger partial charge on any atom is -0.468 e. The van der Waals surface area contributed by atoms with Crippen LogP contribution < -0.4 is 5.32 Å². The molecule has 3 heteroatoms. The number of methoxy groups -OCH3 is 1. The SMILES string of the molecule is COCc1ccc(CN[C@@H](C)c2ccco2)cc1. The van der Waals surface area contributed by atoms with Gasteiger partial charge in [0.2, 0.25) is 0 Å². The molecule has 1 atom stereocenters. The topological polar surface area (TPSA) is 34.4 Å². The lowest BCUT2D eigenvalue weighted by molar-refractivity contribution is 0.185. The highest BCUT2D eigenvalue weighted by molar-refractivity contribution is 5.22. The predicted molar refractivity (Wildman–Crippen MR) is 71.1 cm³/mol. The molecule has 2 aromatic rings. The number of benzene rings is 1. The largest absolute Gasteiger partial charge is 0.468 e. The predicted octanol–water partition coefficient (Wildman–Crippen LogP) is 3.28. The molecule has 96 valence electrons. The summed E-state index contributed by atoms with van der Waals surface area (Å²) in [5.41, 5.74) is 2.45. The molecule has 0 fully saturated rings. The molecule has 1 aromatic heterocycles. The van der Waals surface area contributed by atoms with Gasteiger partial charge in [-0.05, 0) is 30.2 Å². The van der Waals surface area contributed by atoms with E-state index in [0.717, 1.165) is 12.3 Å². The molecule has 1 heterocycles. The second-order valence-electron chi connectivity index (χ2n) is 4.37. The van der Waals surface area contributed by atoms with Gasteiger partial charge in [0, 0.05) is 13.7 Å². The van der Waals surface area contributed by atoms with E-state index in [0.29, 0.717) is 6.61 Å². The molecule has 18 heavy (non-hydrogen) atoms. The Bertz CT molecular complexity index is 448. The van der Waals surface area contributed by atoms with Gasteiger partial charge in [-0.25, -0.2) is 0 Å². The first-order valence-corrected chi connectivity index (χ1v) is 6.13. The van der Waals surface area contributed by atoms with Crippen molar-refractivity contribution in [2.24, 2.45) is 0 Å². The van der Waals surface area contributed by atoms with Crippen LogP contribution in [0.5, 0.6) is 0 Å². The number of nitrogens with one attached hydrogen (secondary N) is 1. The lowest BCUT2D eigenvalue weighted by Gasteiger charge is -2.11. The molecule has 0 aliphatic heterocycles. The molecule has 1 N–H and O–H groups in total. The molecule has 0 saturated carbocycles. The van der Waals surface area contributed by atoms with Crippen LogP contribution in [0.4, 0.5) is 0 Å². The van der Waals surface area contributed by atoms with E-state index in [1.54, 1.807) is 13.4 Å². The fraction of sp³-hybridized carbons (Fsp3) is 0.333. The summed E-state index contributed by atoms with van der Waals surface area (Å²) in [4.78, 5) is 0. The number of furan rings is 1. The maximum absolute atomic E-state index is 5.36. The first kappa shape index (κ1) is 12.9. The van der Waals surface area contributed by atoms with Gasteiger partial charge >= 0.3 is 0 Å². The first-order valence-electron chi connectivity index (χ1n) is 6.13. The maximum atomic E-state index is 5.36. The molecule has 1 aromatic carbocycles. The zero-order valence-corrected chi connectivity index (χ0v) is 10.8. The minimum atomic E-state index is 0.221. The van der Waals surface area contributed by atoms with E-state index in [2.05, 4.69) is 36.5 Å². The average molecular weight is 245 g/mol. The Kier molecular flexibility index (Phi) is 4.56. The molecule has 2 rings (SSSR count). The summed E-state index contributed by atoms with van der Waals surface area (Å²) >= 11 is 0. The van der Waals surface area contributed by atoms with E-state index in [9.17, 15) is 0 Å². The van der Waals surface area contributed by atoms with Gasteiger partial charge in [0.05, 0.1) is 18.9 Å². The molecule has 0 aliphatic carbocycles. The fourth-order valence-corrected chi connectivity index (χ4v) is 1.83. The van der Waals surface area contributed by atoms with Crippen LogP contribution in [0.2, 0.25) is 0 Å². The Balaban J connectivity index is 1.86. The van der Waals surface area contributed by atoms with Crippen molar-refractivity contribution in [3.8, 4) is 0 Å². The lowest BCUT2D eigenvalue weighted by atomic mass is 10.1. The van der Waals surface area contributed by atoms with Gasteiger partial charge in [-0.1, -0.05) is 24.3 Å². The van der Waals surface area contributed by atoms with Gasteiger partial charge in [-0.3, -0.25) is 0 Å². The summed E-state index contributed by atoms with van der Waals surface area (Å²) in [6.45, 7) is 3.59. The van der Waals surface area contributed by atoms with Crippen LogP contribution >= 0.6 is 0 Å². The van der Waals surface area contributed by atoms with Crippen LogP contribution in [-0.2, 0) is 17.9 Å². The van der Waals surface area contributed by atoms with E-state index in [1.165, 1.54) is 11.1 Å². The summed E-state index contributed by atoms with van der Waals surface area (Å²) in [5, 5.41) is 3.43. The van der Waals surface area contributed by atoms with Crippen molar-refractivity contribution in [2.75, 3.05) is 7.11 Å². The highest BCUT2D eigenvalue weighted by Gasteiger charge is 2.06. The van der Waals surface area contributed by atoms with Crippen molar-refractivity contribution in [1.82, 2.24) is 5.32 Å². The van der Waals surface area contributed by atoms with Crippen LogP contribution in [0.1, 0.15) is 29.9 Å². The first-order chi connectivity index (χ1) is 8.79. The Morgan fingerprint density at radius 3 is 2.50 bits per heavy atom. The second kappa shape index (κ2) is 6.38. The molecule has 0 spiro atoms. The average Bonchev–Trinajstić information content (AvgIpc) is 2.92. The molecule has 0 bridgehead atoms. The molecule has 3 nitrogen and oxygen atoms in total. The van der Waals surface area contributed by atoms with Crippen molar-refractivity contribution in [3.05, 3.63) is 59.5 Å². The molecule has 0 radical (unpaired) electrons. The van der Waals surface area contributed by atoms with E-state index in [4.69, 9.17) is 9.15 Å². The van der Waals surface area contributed by atoms with Crippen molar-refractivity contribution in [2.45, 2.75) is 26.1 Å². The van der Waals surface area contributed by atoms with E-state index in [1.807, 2.05) is 12.1 Å². The smallest absolute Gasteiger partial charge is 0.120 e. The number of hydrogen-bond acceptors (Lipinski definition) is 3. The van der Waals surface area contributed by atoms with E-state index >= 15 is 0 Å². The van der Waals surface area contributed by atoms with Crippen molar-refractivity contribution < 1.29 is 9.15 Å². The van der Waals surface area contributed by atoms with Crippen LogP contribution in [-0.4, -0.2) is 7.11 Å². The quantitative estimate of drug-likeness (QED) is 0.848. The monoisotopic (exact) mass is 245 g/mol. The van der Waals surface area contributed by atoms with Crippen LogP contribution in [0.15, 0.2) is 47.1 Å². The zero-order chi connectivity index (χ0) is 12.8. The van der Waals surface area contributed by atoms with Gasteiger partial charge < -0.3 is 14.5 Å². The van der Waals surface area contributed by atoms with Gasteiger partial charge in [0.1, 0.15) is 5.76 Å². The van der Waals surface area contributed by atoms with Crippen LogP contribution in [0, 0.1) is 0 Å². The third-order valence-corrected chi connectivity index (χ3v) is 2.92. The van der Waals surface area contributed by atoms with Gasteiger partial charge in [0.25, 0.3) is 0 Å². The Morgan fingerprint density at radius 1 is 1.17 bits per heavy atom. The molecular formula is C15H19NO2. The second-order valence-corrected chi connectivity index (χ2v) is 4.37. The highest BCUT2D eigenvalue weighted by atomic mass is 16.5. The zero-order valence-electron chi connectivity index (χ0n) is 10.8. The fourth-order valence-electron chi connectivity index (χ4n) is 1.83. The maximum Gasteiger partial charge on any atom is 0.120 e. The van der Waals surface area contributed by atoms with Crippen molar-refractivity contribution in [1.29, 1.82) is 0 Å². The summed E-state index contributed by atoms with van der Waals surface area (Å²) in [6, 6.07) is 12.5. The molecule has 0 amide bonds. The Labute approximate surface area is 108 Å². The third-order valence-electron chi connectivity index (χ3n) is 2.92. The lowest BCUT2D eigenvalue weighted by Crippen LogP contribution is -2.17. The van der Waals surface area contributed by atoms with E-state index in [-0.39, 0.29) is 6.04 Å². The standard InChI is InChI=1S/C15H19NO2/c1-12(15-4-3-9-18-15)16-10-13-5-7-14(8-6-13)11-17-2/h3-9,12,16H,10-11H2,1-2H3/t12-/m0/s1. The summed E-state index contributed by atoms with van der Waals surface area (Å²) in [5.74, 6) is 0.964. The molecule has 0 aliphatic rings.